The summed E-state index contributed by atoms with van der Waals surface area (Å²) in [4.78, 5) is 18.4. The lowest BCUT2D eigenvalue weighted by molar-refractivity contribution is -0.129. The molecule has 0 saturated carbocycles. The summed E-state index contributed by atoms with van der Waals surface area (Å²) < 4.78 is 7.42. The molecule has 26 heavy (non-hydrogen) atoms. The molecule has 1 aliphatic heterocycles. The van der Waals surface area contributed by atoms with Crippen LogP contribution in [-0.2, 0) is 11.8 Å². The molecule has 1 amide bonds. The Morgan fingerprint density at radius 3 is 2.85 bits per heavy atom. The van der Waals surface area contributed by atoms with Crippen molar-refractivity contribution in [2.24, 2.45) is 7.05 Å². The van der Waals surface area contributed by atoms with E-state index in [1.54, 1.807) is 0 Å². The molecule has 136 valence electrons. The number of carbonyl (C=O) groups is 1. The van der Waals surface area contributed by atoms with Crippen molar-refractivity contribution in [3.8, 4) is 11.4 Å². The minimum absolute atomic E-state index is 0.233. The third-order valence-electron chi connectivity index (χ3n) is 5.24. The van der Waals surface area contributed by atoms with Crippen LogP contribution in [0.3, 0.4) is 0 Å². The predicted molar refractivity (Wildman–Crippen MR) is 102 cm³/mol. The Balaban J connectivity index is 1.53. The zero-order valence-electron chi connectivity index (χ0n) is 15.4. The first-order valence-electron chi connectivity index (χ1n) is 9.12. The van der Waals surface area contributed by atoms with Gasteiger partial charge in [-0.2, -0.15) is 10.1 Å². The Labute approximate surface area is 154 Å². The Kier molecular flexibility index (Phi) is 4.35. The second-order valence-corrected chi connectivity index (χ2v) is 7.61. The van der Waals surface area contributed by atoms with Crippen molar-refractivity contribution in [1.82, 2.24) is 24.8 Å². The number of hydrogen-bond donors (Lipinski definition) is 0. The van der Waals surface area contributed by atoms with Gasteiger partial charge in [-0.05, 0) is 25.8 Å². The molecule has 0 radical (unpaired) electrons. The van der Waals surface area contributed by atoms with E-state index in [0.717, 1.165) is 58.3 Å². The van der Waals surface area contributed by atoms with E-state index in [1.807, 2.05) is 29.6 Å². The molecule has 1 fully saturated rings. The first-order chi connectivity index (χ1) is 12.6. The van der Waals surface area contributed by atoms with E-state index in [4.69, 9.17) is 4.52 Å². The normalized spacial score (nSPS) is 15.8. The zero-order chi connectivity index (χ0) is 18.3. The van der Waals surface area contributed by atoms with Crippen molar-refractivity contribution in [3.05, 3.63) is 29.8 Å². The molecule has 7 nitrogen and oxygen atoms in total. The maximum atomic E-state index is 11.8. The van der Waals surface area contributed by atoms with E-state index in [0.29, 0.717) is 17.8 Å². The van der Waals surface area contributed by atoms with Gasteiger partial charge in [0.05, 0.1) is 11.2 Å². The molecule has 0 spiro atoms. The van der Waals surface area contributed by atoms with Crippen LogP contribution in [0.4, 0.5) is 0 Å². The van der Waals surface area contributed by atoms with E-state index in [1.165, 1.54) is 0 Å². The van der Waals surface area contributed by atoms with Crippen molar-refractivity contribution in [2.45, 2.75) is 31.7 Å². The highest BCUT2D eigenvalue weighted by atomic mass is 28.1. The van der Waals surface area contributed by atoms with E-state index < -0.39 is 0 Å². The summed E-state index contributed by atoms with van der Waals surface area (Å²) in [6.45, 7) is 3.57. The Morgan fingerprint density at radius 1 is 1.35 bits per heavy atom. The van der Waals surface area contributed by atoms with Crippen molar-refractivity contribution < 1.29 is 9.32 Å². The Hall–Kier alpha value is -2.48. The molecule has 1 aliphatic rings. The lowest BCUT2D eigenvalue weighted by atomic mass is 9.97. The van der Waals surface area contributed by atoms with Gasteiger partial charge in [0.25, 0.3) is 0 Å². The van der Waals surface area contributed by atoms with Crippen LogP contribution >= 0.6 is 0 Å². The molecule has 4 rings (SSSR count). The number of nitrogens with zero attached hydrogens (tertiary/aromatic N) is 5. The minimum Gasteiger partial charge on any atom is -0.343 e. The number of likely N-dealkylation sites (tertiary alicyclic amines) is 1. The van der Waals surface area contributed by atoms with Crippen molar-refractivity contribution in [2.75, 3.05) is 13.1 Å². The van der Waals surface area contributed by atoms with Gasteiger partial charge in [0.1, 0.15) is 0 Å². The summed E-state index contributed by atoms with van der Waals surface area (Å²) in [7, 11) is 2.86. The number of aromatic nitrogens is 4. The molecule has 3 heterocycles. The van der Waals surface area contributed by atoms with Gasteiger partial charge in [-0.25, -0.2) is 0 Å². The quantitative estimate of drug-likeness (QED) is 0.653. The van der Waals surface area contributed by atoms with Crippen molar-refractivity contribution in [1.29, 1.82) is 0 Å². The average Bonchev–Trinajstić information content (AvgIpc) is 3.26. The van der Waals surface area contributed by atoms with Crippen molar-refractivity contribution in [3.63, 3.8) is 0 Å². The van der Waals surface area contributed by atoms with Crippen LogP contribution in [0, 0.1) is 6.92 Å². The number of benzene rings is 1. The van der Waals surface area contributed by atoms with Gasteiger partial charge >= 0.3 is 0 Å². The van der Waals surface area contributed by atoms with Gasteiger partial charge in [0.2, 0.25) is 17.6 Å². The van der Waals surface area contributed by atoms with Crippen LogP contribution in [0.25, 0.3) is 22.3 Å². The molecule has 1 saturated heterocycles. The number of amides is 1. The molecule has 0 unspecified atom stereocenters. The maximum absolute atomic E-state index is 11.8. The van der Waals surface area contributed by atoms with E-state index in [-0.39, 0.29) is 11.8 Å². The first-order valence-corrected chi connectivity index (χ1v) is 10.5. The number of piperidine rings is 1. The van der Waals surface area contributed by atoms with Gasteiger partial charge in [-0.3, -0.25) is 9.48 Å². The van der Waals surface area contributed by atoms with Crippen LogP contribution in [-0.4, -0.2) is 54.1 Å². The molecule has 2 aromatic heterocycles. The summed E-state index contributed by atoms with van der Waals surface area (Å²) in [6.07, 6.45) is 1.77. The molecule has 1 aromatic carbocycles. The van der Waals surface area contributed by atoms with Gasteiger partial charge in [-0.1, -0.05) is 17.3 Å². The largest absolute Gasteiger partial charge is 0.343 e. The lowest BCUT2D eigenvalue weighted by Crippen LogP contribution is -2.37. The molecular weight excluding hydrogens is 346 g/mol. The SMILES string of the molecule is Cc1nn(C)c2cc(-c3noc(C4CCN(C(=O)C[SiH3])CC4)n3)ccc12. The average molecular weight is 370 g/mol. The van der Waals surface area contributed by atoms with Gasteiger partial charge in [0.15, 0.2) is 0 Å². The van der Waals surface area contributed by atoms with Gasteiger partial charge < -0.3 is 9.42 Å². The van der Waals surface area contributed by atoms with E-state index in [9.17, 15) is 4.79 Å². The van der Waals surface area contributed by atoms with Crippen LogP contribution in [0.15, 0.2) is 22.7 Å². The predicted octanol–water partition coefficient (Wildman–Crippen LogP) is 1.42. The van der Waals surface area contributed by atoms with Gasteiger partial charge in [-0.15, -0.1) is 0 Å². The maximum Gasteiger partial charge on any atom is 0.230 e. The monoisotopic (exact) mass is 369 g/mol. The van der Waals surface area contributed by atoms with Crippen LogP contribution in [0.2, 0.25) is 6.04 Å². The number of aryl methyl sites for hydroxylation is 2. The van der Waals surface area contributed by atoms with Crippen LogP contribution in [0.5, 0.6) is 0 Å². The fourth-order valence-electron chi connectivity index (χ4n) is 3.69. The molecule has 8 heteroatoms. The first kappa shape index (κ1) is 17.0. The second kappa shape index (κ2) is 6.68. The number of hydrogen-bond acceptors (Lipinski definition) is 5. The highest BCUT2D eigenvalue weighted by Crippen LogP contribution is 2.30. The Bertz CT molecular complexity index is 956. The molecular formula is C18H23N5O2Si. The second-order valence-electron chi connectivity index (χ2n) is 6.91. The number of fused-ring (bicyclic) bond motifs is 1. The van der Waals surface area contributed by atoms with E-state index in [2.05, 4.69) is 27.4 Å². The summed E-state index contributed by atoms with van der Waals surface area (Å²) in [5.74, 6) is 1.80. The molecule has 0 atom stereocenters. The fourth-order valence-corrected chi connectivity index (χ4v) is 4.14. The van der Waals surface area contributed by atoms with E-state index >= 15 is 0 Å². The third kappa shape index (κ3) is 2.94. The summed E-state index contributed by atoms with van der Waals surface area (Å²) in [5.41, 5.74) is 3.00. The highest BCUT2D eigenvalue weighted by molar-refractivity contribution is 6.19. The zero-order valence-corrected chi connectivity index (χ0v) is 17.4. The molecule has 0 N–H and O–H groups in total. The summed E-state index contributed by atoms with van der Waals surface area (Å²) in [5, 5.41) is 9.77. The van der Waals surface area contributed by atoms with Crippen LogP contribution < -0.4 is 0 Å². The standard InChI is InChI=1S/C18H23N5O2Si/c1-11-14-4-3-13(9-15(14)22(2)20-11)17-19-18(25-21-17)12-5-7-23(8-6-12)16(24)10-26/h3-4,9,12H,5-8,10H2,1-2,26H3. The topological polar surface area (TPSA) is 77.0 Å². The molecule has 0 bridgehead atoms. The highest BCUT2D eigenvalue weighted by Gasteiger charge is 2.27. The van der Waals surface area contributed by atoms with Gasteiger partial charge in [0, 0.05) is 53.3 Å². The summed E-state index contributed by atoms with van der Waals surface area (Å²) >= 11 is 0. The van der Waals surface area contributed by atoms with Crippen LogP contribution in [0.1, 0.15) is 30.3 Å². The lowest BCUT2D eigenvalue weighted by Gasteiger charge is -2.30. The molecule has 0 aliphatic carbocycles. The Morgan fingerprint density at radius 2 is 2.12 bits per heavy atom. The molecule has 3 aromatic rings. The number of rotatable bonds is 3. The third-order valence-corrected chi connectivity index (χ3v) is 5.84. The minimum atomic E-state index is 0.233. The van der Waals surface area contributed by atoms with Crippen molar-refractivity contribution >= 4 is 27.1 Å². The smallest absolute Gasteiger partial charge is 0.230 e. The fraction of sp³-hybridized carbons (Fsp3) is 0.444. The number of carbonyl (C=O) groups excluding carboxylic acids is 1. The summed E-state index contributed by atoms with van der Waals surface area (Å²) in [6, 6.07) is 6.82.